The molecule has 0 spiro atoms. The van der Waals surface area contributed by atoms with Crippen molar-refractivity contribution in [3.05, 3.63) is 29.8 Å². The normalized spacial score (nSPS) is 23.2. The number of hydrogen-bond acceptors (Lipinski definition) is 3. The number of benzene rings is 1. The Morgan fingerprint density at radius 1 is 1.17 bits per heavy atom. The molecule has 0 radical (unpaired) electrons. The van der Waals surface area contributed by atoms with Crippen molar-refractivity contribution in [1.82, 2.24) is 10.6 Å². The monoisotopic (exact) mass is 381 g/mol. The Morgan fingerprint density at radius 2 is 1.88 bits per heavy atom. The summed E-state index contributed by atoms with van der Waals surface area (Å²) in [5.74, 6) is -1.11. The van der Waals surface area contributed by atoms with Crippen molar-refractivity contribution in [2.75, 3.05) is 24.5 Å². The molecule has 0 aliphatic carbocycles. The second-order valence-electron chi connectivity index (χ2n) is 6.01. The minimum atomic E-state index is -0.555. The summed E-state index contributed by atoms with van der Waals surface area (Å²) in [4.78, 5) is 13.9. The number of nitrogens with zero attached hydrogens (tertiary/aromatic N) is 1. The maximum Gasteiger partial charge on any atom is 0.237 e. The van der Waals surface area contributed by atoms with Crippen LogP contribution in [0.15, 0.2) is 18.2 Å². The molecular weight excluding hydrogens is 359 g/mol. The Kier molecular flexibility index (Phi) is 8.19. The Balaban J connectivity index is 0.00000144. The number of carbonyl (C=O) groups excluding carboxylic acids is 1. The van der Waals surface area contributed by atoms with Crippen LogP contribution in [-0.2, 0) is 4.79 Å². The molecule has 1 amide bonds. The molecule has 2 fully saturated rings. The third kappa shape index (κ3) is 4.71. The molecule has 0 aromatic heterocycles. The number of anilines is 1. The number of carbonyl (C=O) groups is 1. The molecule has 2 aliphatic heterocycles. The van der Waals surface area contributed by atoms with Crippen molar-refractivity contribution in [2.24, 2.45) is 0 Å². The van der Waals surface area contributed by atoms with E-state index in [1.54, 1.807) is 4.90 Å². The summed E-state index contributed by atoms with van der Waals surface area (Å²) in [6, 6.07) is 3.69. The van der Waals surface area contributed by atoms with E-state index in [9.17, 15) is 13.6 Å². The summed E-state index contributed by atoms with van der Waals surface area (Å²) in [5, 5.41) is 6.21. The summed E-state index contributed by atoms with van der Waals surface area (Å²) in [5.41, 5.74) is 0.00930. The van der Waals surface area contributed by atoms with E-state index in [1.165, 1.54) is 18.2 Å². The average molecular weight is 382 g/mol. The lowest BCUT2D eigenvalue weighted by Gasteiger charge is -2.25. The smallest absolute Gasteiger partial charge is 0.237 e. The quantitative estimate of drug-likeness (QED) is 0.845. The molecule has 2 N–H and O–H groups in total. The van der Waals surface area contributed by atoms with E-state index in [-0.39, 0.29) is 48.5 Å². The molecule has 8 heteroatoms. The zero-order valence-corrected chi connectivity index (χ0v) is 14.9. The van der Waals surface area contributed by atoms with Crippen molar-refractivity contribution >= 4 is 36.4 Å². The predicted molar refractivity (Wildman–Crippen MR) is 95.3 cm³/mol. The number of rotatable bonds is 3. The van der Waals surface area contributed by atoms with E-state index >= 15 is 0 Å². The van der Waals surface area contributed by atoms with Gasteiger partial charge >= 0.3 is 0 Å². The van der Waals surface area contributed by atoms with Gasteiger partial charge in [0, 0.05) is 19.1 Å². The van der Waals surface area contributed by atoms with Gasteiger partial charge in [-0.15, -0.1) is 24.8 Å². The number of amides is 1. The highest BCUT2D eigenvalue weighted by atomic mass is 35.5. The summed E-state index contributed by atoms with van der Waals surface area (Å²) in [6.45, 7) is 1.85. The average Bonchev–Trinajstić information content (AvgIpc) is 2.96. The molecule has 2 atom stereocenters. The van der Waals surface area contributed by atoms with E-state index in [1.807, 2.05) is 0 Å². The van der Waals surface area contributed by atoms with Gasteiger partial charge in [0.05, 0.1) is 6.04 Å². The van der Waals surface area contributed by atoms with E-state index < -0.39 is 11.6 Å². The highest BCUT2D eigenvalue weighted by Gasteiger charge is 2.29. The van der Waals surface area contributed by atoms with Gasteiger partial charge in [0.1, 0.15) is 17.3 Å². The van der Waals surface area contributed by atoms with Gasteiger partial charge in [-0.2, -0.15) is 0 Å². The summed E-state index contributed by atoms with van der Waals surface area (Å²) < 4.78 is 27.6. The summed E-state index contributed by atoms with van der Waals surface area (Å²) in [6.07, 6.45) is 3.71. The first-order valence-corrected chi connectivity index (χ1v) is 7.88. The summed E-state index contributed by atoms with van der Waals surface area (Å²) >= 11 is 0. The fourth-order valence-electron chi connectivity index (χ4n) is 3.25. The fraction of sp³-hybridized carbons (Fsp3) is 0.562. The minimum Gasteiger partial charge on any atom is -0.365 e. The first-order valence-electron chi connectivity index (χ1n) is 7.88. The number of halogens is 4. The molecule has 0 saturated carbocycles. The lowest BCUT2D eigenvalue weighted by atomic mass is 10.0. The van der Waals surface area contributed by atoms with Crippen LogP contribution in [0.25, 0.3) is 0 Å². The third-order valence-corrected chi connectivity index (χ3v) is 4.42. The molecule has 3 rings (SSSR count). The van der Waals surface area contributed by atoms with Crippen LogP contribution >= 0.6 is 24.8 Å². The second kappa shape index (κ2) is 9.39. The van der Waals surface area contributed by atoms with Crippen molar-refractivity contribution in [3.63, 3.8) is 0 Å². The van der Waals surface area contributed by atoms with Gasteiger partial charge in [-0.3, -0.25) is 4.79 Å². The number of nitrogens with one attached hydrogen (secondary N) is 2. The summed E-state index contributed by atoms with van der Waals surface area (Å²) in [7, 11) is 0. The van der Waals surface area contributed by atoms with Crippen LogP contribution in [0.1, 0.15) is 25.7 Å². The Bertz CT molecular complexity index is 536. The van der Waals surface area contributed by atoms with Gasteiger partial charge in [0.25, 0.3) is 0 Å². The van der Waals surface area contributed by atoms with Crippen molar-refractivity contribution in [3.8, 4) is 0 Å². The van der Waals surface area contributed by atoms with Gasteiger partial charge in [-0.25, -0.2) is 8.78 Å². The molecule has 0 bridgehead atoms. The van der Waals surface area contributed by atoms with E-state index in [4.69, 9.17) is 0 Å². The molecule has 24 heavy (non-hydrogen) atoms. The largest absolute Gasteiger partial charge is 0.365 e. The topological polar surface area (TPSA) is 44.4 Å². The van der Waals surface area contributed by atoms with Crippen LogP contribution < -0.4 is 15.5 Å². The lowest BCUT2D eigenvalue weighted by molar-refractivity contribution is -0.124. The van der Waals surface area contributed by atoms with Gasteiger partial charge in [-0.05, 0) is 37.9 Å². The zero-order valence-electron chi connectivity index (χ0n) is 13.3. The lowest BCUT2D eigenvalue weighted by Crippen LogP contribution is -2.50. The van der Waals surface area contributed by atoms with Crippen LogP contribution in [0.3, 0.4) is 0 Å². The Morgan fingerprint density at radius 3 is 2.50 bits per heavy atom. The van der Waals surface area contributed by atoms with Crippen LogP contribution in [0.4, 0.5) is 14.5 Å². The number of piperidine rings is 1. The van der Waals surface area contributed by atoms with Gasteiger partial charge in [-0.1, -0.05) is 12.5 Å². The van der Waals surface area contributed by atoms with Crippen molar-refractivity contribution in [1.29, 1.82) is 0 Å². The van der Waals surface area contributed by atoms with E-state index in [0.29, 0.717) is 19.5 Å². The molecule has 2 saturated heterocycles. The number of hydrogen-bond donors (Lipinski definition) is 2. The number of para-hydroxylation sites is 1. The predicted octanol–water partition coefficient (Wildman–Crippen LogP) is 2.65. The van der Waals surface area contributed by atoms with Crippen LogP contribution in [0.2, 0.25) is 0 Å². The van der Waals surface area contributed by atoms with E-state index in [0.717, 1.165) is 25.8 Å². The fourth-order valence-corrected chi connectivity index (χ4v) is 3.25. The standard InChI is InChI=1S/C16H21F2N3O.2ClH/c17-12-4-3-5-13(18)15(12)21-9-7-11(10-21)20-16(22)14-6-1-2-8-19-14;;/h3-5,11,14,19H,1-2,6-10H2,(H,20,22);2*1H/t11?,14-;;/m1../s1. The highest BCUT2D eigenvalue weighted by molar-refractivity contribution is 5.85. The van der Waals surface area contributed by atoms with Crippen LogP contribution in [-0.4, -0.2) is 37.6 Å². The molecule has 1 unspecified atom stereocenters. The minimum absolute atomic E-state index is 0. The Hall–Kier alpha value is -1.11. The zero-order chi connectivity index (χ0) is 15.5. The Labute approximate surface area is 153 Å². The van der Waals surface area contributed by atoms with Crippen molar-refractivity contribution in [2.45, 2.75) is 37.8 Å². The maximum atomic E-state index is 13.8. The maximum absolute atomic E-state index is 13.8. The van der Waals surface area contributed by atoms with Crippen LogP contribution in [0.5, 0.6) is 0 Å². The third-order valence-electron chi connectivity index (χ3n) is 4.42. The molecule has 1 aromatic rings. The second-order valence-corrected chi connectivity index (χ2v) is 6.01. The SMILES string of the molecule is Cl.Cl.O=C(NC1CCN(c2c(F)cccc2F)C1)[C@H]1CCCCN1. The van der Waals surface area contributed by atoms with Crippen LogP contribution in [0, 0.1) is 11.6 Å². The first-order chi connectivity index (χ1) is 10.6. The van der Waals surface area contributed by atoms with Crippen molar-refractivity contribution < 1.29 is 13.6 Å². The highest BCUT2D eigenvalue weighted by Crippen LogP contribution is 2.26. The first kappa shape index (κ1) is 20.9. The molecule has 136 valence electrons. The van der Waals surface area contributed by atoms with Gasteiger partial charge in [0.2, 0.25) is 5.91 Å². The molecule has 2 heterocycles. The molecule has 1 aromatic carbocycles. The van der Waals surface area contributed by atoms with Gasteiger partial charge < -0.3 is 15.5 Å². The van der Waals surface area contributed by atoms with Gasteiger partial charge in [0.15, 0.2) is 0 Å². The molecular formula is C16H23Cl2F2N3O. The van der Waals surface area contributed by atoms with E-state index in [2.05, 4.69) is 10.6 Å². The molecule has 2 aliphatic rings. The molecule has 4 nitrogen and oxygen atoms in total.